The van der Waals surface area contributed by atoms with Crippen molar-refractivity contribution >= 4 is 0 Å². The second kappa shape index (κ2) is 3.77. The van der Waals surface area contributed by atoms with Crippen LogP contribution >= 0.6 is 0 Å². The van der Waals surface area contributed by atoms with E-state index in [2.05, 4.69) is 25.2 Å². The quantitative estimate of drug-likeness (QED) is 0.577. The van der Waals surface area contributed by atoms with Gasteiger partial charge in [-0.1, -0.05) is 25.5 Å². The van der Waals surface area contributed by atoms with E-state index in [0.717, 1.165) is 12.5 Å². The van der Waals surface area contributed by atoms with Gasteiger partial charge in [0.05, 0.1) is 0 Å². The van der Waals surface area contributed by atoms with Gasteiger partial charge in [-0.3, -0.25) is 0 Å². The summed E-state index contributed by atoms with van der Waals surface area (Å²) in [7, 11) is 0. The van der Waals surface area contributed by atoms with Gasteiger partial charge in [0.25, 0.3) is 0 Å². The molecule has 1 heteroatoms. The summed E-state index contributed by atoms with van der Waals surface area (Å²) in [5.41, 5.74) is 1.61. The Bertz CT molecular complexity index is 117. The summed E-state index contributed by atoms with van der Waals surface area (Å²) in [6.45, 7) is 6.84. The zero-order valence-electron chi connectivity index (χ0n) is 6.98. The Labute approximate surface area is 63.5 Å². The maximum Gasteiger partial charge on any atom is 0.0165 e. The zero-order valence-corrected chi connectivity index (χ0v) is 6.98. The topological polar surface area (TPSA) is 12.0 Å². The molecule has 1 N–H and O–H groups in total. The minimum absolute atomic E-state index is 0.813. The molecule has 0 aromatic heterocycles. The van der Waals surface area contributed by atoms with Crippen molar-refractivity contribution in [2.45, 2.75) is 26.7 Å². The third-order valence-corrected chi connectivity index (χ3v) is 1.85. The number of nitrogens with one attached hydrogen (secondary N) is 1. The Kier molecular flexibility index (Phi) is 2.94. The fraction of sp³-hybridized carbons (Fsp3) is 0.778. The van der Waals surface area contributed by atoms with E-state index >= 15 is 0 Å². The number of rotatable bonds is 2. The maximum atomic E-state index is 3.33. The van der Waals surface area contributed by atoms with E-state index in [-0.39, 0.29) is 0 Å². The predicted molar refractivity (Wildman–Crippen MR) is 45.0 cm³/mol. The normalized spacial score (nSPS) is 22.9. The molecule has 0 aliphatic carbocycles. The summed E-state index contributed by atoms with van der Waals surface area (Å²) < 4.78 is 0. The van der Waals surface area contributed by atoms with Gasteiger partial charge in [0, 0.05) is 6.54 Å². The maximum absolute atomic E-state index is 3.33. The second-order valence-electron chi connectivity index (χ2n) is 3.42. The minimum Gasteiger partial charge on any atom is -0.313 e. The Morgan fingerprint density at radius 2 is 2.40 bits per heavy atom. The minimum atomic E-state index is 0.813. The van der Waals surface area contributed by atoms with Crippen molar-refractivity contribution in [3.63, 3.8) is 0 Å². The highest BCUT2D eigenvalue weighted by atomic mass is 14.9. The van der Waals surface area contributed by atoms with E-state index in [1.54, 1.807) is 5.57 Å². The summed E-state index contributed by atoms with van der Waals surface area (Å²) in [6, 6.07) is 0. The van der Waals surface area contributed by atoms with E-state index < -0.39 is 0 Å². The number of hydrogen-bond acceptors (Lipinski definition) is 1. The van der Waals surface area contributed by atoms with Gasteiger partial charge >= 0.3 is 0 Å². The first-order valence-electron chi connectivity index (χ1n) is 4.17. The molecule has 0 aromatic rings. The summed E-state index contributed by atoms with van der Waals surface area (Å²) >= 11 is 0. The van der Waals surface area contributed by atoms with E-state index in [0.29, 0.717) is 0 Å². The number of hydrogen-bond donors (Lipinski definition) is 1. The Morgan fingerprint density at radius 3 is 2.90 bits per heavy atom. The van der Waals surface area contributed by atoms with Crippen molar-refractivity contribution in [3.05, 3.63) is 11.6 Å². The van der Waals surface area contributed by atoms with Crippen LogP contribution in [0.2, 0.25) is 0 Å². The van der Waals surface area contributed by atoms with Crippen molar-refractivity contribution in [2.75, 3.05) is 13.1 Å². The number of allylic oxidation sites excluding steroid dienone is 1. The van der Waals surface area contributed by atoms with Crippen LogP contribution in [0.5, 0.6) is 0 Å². The highest BCUT2D eigenvalue weighted by Gasteiger charge is 2.04. The lowest BCUT2D eigenvalue weighted by molar-refractivity contribution is 0.660. The van der Waals surface area contributed by atoms with Gasteiger partial charge in [-0.25, -0.2) is 0 Å². The molecule has 1 rings (SSSR count). The first-order chi connectivity index (χ1) is 4.79. The molecule has 1 heterocycles. The molecule has 1 saturated heterocycles. The summed E-state index contributed by atoms with van der Waals surface area (Å²) in [5, 5.41) is 3.33. The van der Waals surface area contributed by atoms with E-state index in [9.17, 15) is 0 Å². The molecule has 0 radical (unpaired) electrons. The smallest absolute Gasteiger partial charge is 0.0165 e. The monoisotopic (exact) mass is 139 g/mol. The van der Waals surface area contributed by atoms with Crippen molar-refractivity contribution in [2.24, 2.45) is 5.92 Å². The lowest BCUT2D eigenvalue weighted by Crippen LogP contribution is -2.04. The highest BCUT2D eigenvalue weighted by Crippen LogP contribution is 2.09. The summed E-state index contributed by atoms with van der Waals surface area (Å²) in [6.07, 6.45) is 4.91. The Morgan fingerprint density at radius 1 is 1.60 bits per heavy atom. The fourth-order valence-corrected chi connectivity index (χ4v) is 1.16. The molecular formula is C9H17N. The first-order valence-corrected chi connectivity index (χ1v) is 4.17. The van der Waals surface area contributed by atoms with Crippen LogP contribution in [-0.4, -0.2) is 13.1 Å². The summed E-state index contributed by atoms with van der Waals surface area (Å²) in [5.74, 6) is 0.813. The highest BCUT2D eigenvalue weighted by molar-refractivity contribution is 5.08. The van der Waals surface area contributed by atoms with Crippen molar-refractivity contribution in [3.8, 4) is 0 Å². The molecule has 10 heavy (non-hydrogen) atoms. The largest absolute Gasteiger partial charge is 0.313 e. The molecule has 0 aromatic carbocycles. The second-order valence-corrected chi connectivity index (χ2v) is 3.42. The van der Waals surface area contributed by atoms with Crippen LogP contribution in [0.1, 0.15) is 26.7 Å². The standard InChI is InChI=1S/C9H17N/c1-8(2)3-4-9-5-6-10-7-9/h4,8,10H,3,5-7H2,1-2H3. The van der Waals surface area contributed by atoms with Crippen LogP contribution in [0.3, 0.4) is 0 Å². The van der Waals surface area contributed by atoms with Crippen molar-refractivity contribution < 1.29 is 0 Å². The van der Waals surface area contributed by atoms with Gasteiger partial charge in [0.1, 0.15) is 0 Å². The Hall–Kier alpha value is -0.300. The van der Waals surface area contributed by atoms with Gasteiger partial charge in [-0.15, -0.1) is 0 Å². The molecular weight excluding hydrogens is 122 g/mol. The van der Waals surface area contributed by atoms with Gasteiger partial charge in [0.15, 0.2) is 0 Å². The van der Waals surface area contributed by atoms with Crippen LogP contribution in [-0.2, 0) is 0 Å². The molecule has 1 aliphatic rings. The molecule has 0 amide bonds. The third kappa shape index (κ3) is 2.53. The van der Waals surface area contributed by atoms with E-state index in [1.807, 2.05) is 0 Å². The SMILES string of the molecule is CC(C)CC=C1CCNC1. The summed E-state index contributed by atoms with van der Waals surface area (Å²) in [4.78, 5) is 0. The van der Waals surface area contributed by atoms with Crippen LogP contribution in [0.25, 0.3) is 0 Å². The molecule has 0 spiro atoms. The molecule has 0 bridgehead atoms. The van der Waals surface area contributed by atoms with Gasteiger partial charge < -0.3 is 5.32 Å². The predicted octanol–water partition coefficient (Wildman–Crippen LogP) is 1.95. The average Bonchev–Trinajstić information content (AvgIpc) is 2.34. The first kappa shape index (κ1) is 7.80. The van der Waals surface area contributed by atoms with Crippen LogP contribution in [0, 0.1) is 5.92 Å². The van der Waals surface area contributed by atoms with Crippen LogP contribution in [0.15, 0.2) is 11.6 Å². The molecule has 58 valence electrons. The Balaban J connectivity index is 2.25. The zero-order chi connectivity index (χ0) is 7.40. The lowest BCUT2D eigenvalue weighted by Gasteiger charge is -1.98. The van der Waals surface area contributed by atoms with Gasteiger partial charge in [0.2, 0.25) is 0 Å². The van der Waals surface area contributed by atoms with Gasteiger partial charge in [-0.2, -0.15) is 0 Å². The lowest BCUT2D eigenvalue weighted by atomic mass is 10.1. The molecule has 0 unspecified atom stereocenters. The molecule has 0 saturated carbocycles. The molecule has 1 nitrogen and oxygen atoms in total. The van der Waals surface area contributed by atoms with Crippen LogP contribution < -0.4 is 5.32 Å². The van der Waals surface area contributed by atoms with E-state index in [4.69, 9.17) is 0 Å². The molecule has 0 atom stereocenters. The third-order valence-electron chi connectivity index (χ3n) is 1.85. The average molecular weight is 139 g/mol. The van der Waals surface area contributed by atoms with Crippen LogP contribution in [0.4, 0.5) is 0 Å². The molecule has 1 fully saturated rings. The van der Waals surface area contributed by atoms with Crippen molar-refractivity contribution in [1.29, 1.82) is 0 Å². The van der Waals surface area contributed by atoms with Crippen molar-refractivity contribution in [1.82, 2.24) is 5.32 Å². The fourth-order valence-electron chi connectivity index (χ4n) is 1.16. The van der Waals surface area contributed by atoms with Gasteiger partial charge in [-0.05, 0) is 25.3 Å². The van der Waals surface area contributed by atoms with E-state index in [1.165, 1.54) is 19.4 Å². The molecule has 1 aliphatic heterocycles.